The van der Waals surface area contributed by atoms with E-state index in [1.807, 2.05) is 32.8 Å². The summed E-state index contributed by atoms with van der Waals surface area (Å²) in [5.41, 5.74) is 0. The van der Waals surface area contributed by atoms with E-state index in [9.17, 15) is 0 Å². The lowest BCUT2D eigenvalue weighted by Gasteiger charge is -2.14. The Morgan fingerprint density at radius 2 is 1.78 bits per heavy atom. The van der Waals surface area contributed by atoms with Gasteiger partial charge in [-0.1, -0.05) is 6.92 Å². The van der Waals surface area contributed by atoms with Crippen LogP contribution in [0.1, 0.15) is 13.8 Å². The van der Waals surface area contributed by atoms with E-state index in [0.717, 1.165) is 6.54 Å². The molecule has 1 aromatic rings. The zero-order valence-electron chi connectivity index (χ0n) is 11.4. The minimum absolute atomic E-state index is 0.138. The summed E-state index contributed by atoms with van der Waals surface area (Å²) in [6, 6.07) is 0. The number of aliphatic hydroxyl groups is 1. The molecule has 0 spiro atoms. The standard InChI is InChI=1S/C11H22N6O/c1-5-12-9-14-10(13-6-8(2)7-18)16-11(15-9)17(3)4/h8,18H,5-7H2,1-4H3,(H2,12,13,14,15,16). The zero-order chi connectivity index (χ0) is 13.5. The van der Waals surface area contributed by atoms with Crippen LogP contribution in [0, 0.1) is 5.92 Å². The summed E-state index contributed by atoms with van der Waals surface area (Å²) in [6.07, 6.45) is 0. The number of nitrogens with one attached hydrogen (secondary N) is 2. The van der Waals surface area contributed by atoms with E-state index in [4.69, 9.17) is 5.11 Å². The van der Waals surface area contributed by atoms with Crippen molar-refractivity contribution in [2.24, 2.45) is 5.92 Å². The number of rotatable bonds is 7. The van der Waals surface area contributed by atoms with Crippen molar-refractivity contribution in [3.63, 3.8) is 0 Å². The van der Waals surface area contributed by atoms with Crippen LogP contribution in [0.2, 0.25) is 0 Å². The number of aromatic nitrogens is 3. The highest BCUT2D eigenvalue weighted by molar-refractivity contribution is 5.42. The summed E-state index contributed by atoms with van der Waals surface area (Å²) in [6.45, 7) is 5.45. The van der Waals surface area contributed by atoms with Crippen LogP contribution >= 0.6 is 0 Å². The van der Waals surface area contributed by atoms with Gasteiger partial charge < -0.3 is 20.6 Å². The molecule has 3 N–H and O–H groups in total. The Balaban J connectivity index is 2.82. The molecular weight excluding hydrogens is 232 g/mol. The van der Waals surface area contributed by atoms with Crippen LogP contribution in [-0.2, 0) is 0 Å². The normalized spacial score (nSPS) is 12.1. The minimum Gasteiger partial charge on any atom is -0.396 e. The molecule has 0 saturated carbocycles. The van der Waals surface area contributed by atoms with Crippen LogP contribution < -0.4 is 15.5 Å². The van der Waals surface area contributed by atoms with Crippen molar-refractivity contribution in [3.8, 4) is 0 Å². The Hall–Kier alpha value is -1.63. The third-order valence-corrected chi connectivity index (χ3v) is 2.28. The van der Waals surface area contributed by atoms with E-state index in [-0.39, 0.29) is 12.5 Å². The highest BCUT2D eigenvalue weighted by atomic mass is 16.3. The minimum atomic E-state index is 0.138. The van der Waals surface area contributed by atoms with Crippen LogP contribution in [0.25, 0.3) is 0 Å². The van der Waals surface area contributed by atoms with E-state index in [1.54, 1.807) is 0 Å². The molecule has 0 aliphatic carbocycles. The molecule has 0 aliphatic rings. The summed E-state index contributed by atoms with van der Waals surface area (Å²) >= 11 is 0. The van der Waals surface area contributed by atoms with Crippen molar-refractivity contribution in [3.05, 3.63) is 0 Å². The van der Waals surface area contributed by atoms with Gasteiger partial charge in [0.1, 0.15) is 0 Å². The number of anilines is 3. The Morgan fingerprint density at radius 1 is 1.17 bits per heavy atom. The molecule has 0 aromatic carbocycles. The predicted molar refractivity (Wildman–Crippen MR) is 73.1 cm³/mol. The average Bonchev–Trinajstić information content (AvgIpc) is 2.36. The summed E-state index contributed by atoms with van der Waals surface area (Å²) in [5, 5.41) is 15.1. The van der Waals surface area contributed by atoms with E-state index < -0.39 is 0 Å². The molecule has 1 rings (SSSR count). The fourth-order valence-electron chi connectivity index (χ4n) is 1.21. The van der Waals surface area contributed by atoms with Crippen LogP contribution in [0.15, 0.2) is 0 Å². The van der Waals surface area contributed by atoms with Crippen molar-refractivity contribution in [1.82, 2.24) is 15.0 Å². The Labute approximate surface area is 108 Å². The summed E-state index contributed by atoms with van der Waals surface area (Å²) in [5.74, 6) is 1.83. The molecule has 18 heavy (non-hydrogen) atoms. The Bertz CT molecular complexity index is 371. The molecule has 0 bridgehead atoms. The monoisotopic (exact) mass is 254 g/mol. The summed E-state index contributed by atoms with van der Waals surface area (Å²) in [4.78, 5) is 14.6. The second-order valence-corrected chi connectivity index (χ2v) is 4.38. The third kappa shape index (κ3) is 4.33. The molecule has 1 aromatic heterocycles. The smallest absolute Gasteiger partial charge is 0.231 e. The molecule has 0 radical (unpaired) electrons. The molecule has 7 heteroatoms. The van der Waals surface area contributed by atoms with E-state index in [2.05, 4.69) is 25.6 Å². The lowest BCUT2D eigenvalue weighted by Crippen LogP contribution is -2.20. The maximum Gasteiger partial charge on any atom is 0.231 e. The lowest BCUT2D eigenvalue weighted by atomic mass is 10.2. The van der Waals surface area contributed by atoms with Crippen molar-refractivity contribution in [2.75, 3.05) is 49.3 Å². The molecule has 1 atom stereocenters. The van der Waals surface area contributed by atoms with Gasteiger partial charge in [-0.15, -0.1) is 0 Å². The highest BCUT2D eigenvalue weighted by Crippen LogP contribution is 2.11. The van der Waals surface area contributed by atoms with Crippen molar-refractivity contribution < 1.29 is 5.11 Å². The van der Waals surface area contributed by atoms with Crippen LogP contribution in [0.5, 0.6) is 0 Å². The fourth-order valence-corrected chi connectivity index (χ4v) is 1.21. The maximum atomic E-state index is 8.98. The largest absolute Gasteiger partial charge is 0.396 e. The SMILES string of the molecule is CCNc1nc(NCC(C)CO)nc(N(C)C)n1. The molecule has 0 saturated heterocycles. The van der Waals surface area contributed by atoms with Gasteiger partial charge in [0.05, 0.1) is 0 Å². The van der Waals surface area contributed by atoms with Gasteiger partial charge in [-0.3, -0.25) is 0 Å². The highest BCUT2D eigenvalue weighted by Gasteiger charge is 2.08. The molecule has 102 valence electrons. The topological polar surface area (TPSA) is 86.2 Å². The Morgan fingerprint density at radius 3 is 2.28 bits per heavy atom. The molecule has 1 unspecified atom stereocenters. The zero-order valence-corrected chi connectivity index (χ0v) is 11.4. The average molecular weight is 254 g/mol. The van der Waals surface area contributed by atoms with Crippen molar-refractivity contribution in [2.45, 2.75) is 13.8 Å². The van der Waals surface area contributed by atoms with Gasteiger partial charge >= 0.3 is 0 Å². The van der Waals surface area contributed by atoms with Gasteiger partial charge in [0.25, 0.3) is 0 Å². The first-order valence-electron chi connectivity index (χ1n) is 6.08. The quantitative estimate of drug-likeness (QED) is 0.649. The number of hydrogen-bond acceptors (Lipinski definition) is 7. The van der Waals surface area contributed by atoms with Crippen LogP contribution in [-0.4, -0.2) is 53.9 Å². The lowest BCUT2D eigenvalue weighted by molar-refractivity contribution is 0.244. The third-order valence-electron chi connectivity index (χ3n) is 2.28. The van der Waals surface area contributed by atoms with Gasteiger partial charge in [0, 0.05) is 33.8 Å². The summed E-state index contributed by atoms with van der Waals surface area (Å²) < 4.78 is 0. The van der Waals surface area contributed by atoms with Crippen LogP contribution in [0.4, 0.5) is 17.8 Å². The first kappa shape index (κ1) is 14.4. The van der Waals surface area contributed by atoms with Gasteiger partial charge in [-0.25, -0.2) is 0 Å². The van der Waals surface area contributed by atoms with Gasteiger partial charge in [-0.2, -0.15) is 15.0 Å². The number of nitrogens with zero attached hydrogens (tertiary/aromatic N) is 4. The maximum absolute atomic E-state index is 8.98. The molecule has 0 amide bonds. The van der Waals surface area contributed by atoms with E-state index in [1.165, 1.54) is 0 Å². The second-order valence-electron chi connectivity index (χ2n) is 4.38. The second kappa shape index (κ2) is 6.95. The number of aliphatic hydroxyl groups excluding tert-OH is 1. The Kier molecular flexibility index (Phi) is 5.57. The molecule has 1 heterocycles. The summed E-state index contributed by atoms with van der Waals surface area (Å²) in [7, 11) is 3.76. The van der Waals surface area contributed by atoms with Gasteiger partial charge in [0.2, 0.25) is 17.8 Å². The van der Waals surface area contributed by atoms with Crippen molar-refractivity contribution in [1.29, 1.82) is 0 Å². The number of hydrogen-bond donors (Lipinski definition) is 3. The van der Waals surface area contributed by atoms with E-state index >= 15 is 0 Å². The predicted octanol–water partition coefficient (Wildman–Crippen LogP) is 0.410. The van der Waals surface area contributed by atoms with Crippen molar-refractivity contribution >= 4 is 17.8 Å². The molecule has 0 fully saturated rings. The van der Waals surface area contributed by atoms with E-state index in [0.29, 0.717) is 24.4 Å². The van der Waals surface area contributed by atoms with Gasteiger partial charge in [-0.05, 0) is 12.8 Å². The first-order chi connectivity index (χ1) is 8.56. The molecule has 0 aliphatic heterocycles. The molecular formula is C11H22N6O. The van der Waals surface area contributed by atoms with Crippen LogP contribution in [0.3, 0.4) is 0 Å². The molecule has 7 nitrogen and oxygen atoms in total. The first-order valence-corrected chi connectivity index (χ1v) is 6.08. The fraction of sp³-hybridized carbons (Fsp3) is 0.727. The van der Waals surface area contributed by atoms with Gasteiger partial charge in [0.15, 0.2) is 0 Å².